The topological polar surface area (TPSA) is 35.6 Å². The molecule has 4 nitrogen and oxygen atoms in total. The molecule has 37 heavy (non-hydrogen) atoms. The Labute approximate surface area is 214 Å². The molecule has 1 aliphatic rings. The van der Waals surface area contributed by atoms with Crippen molar-refractivity contribution in [1.82, 2.24) is 9.80 Å². The summed E-state index contributed by atoms with van der Waals surface area (Å²) in [6, 6.07) is 20.9. The van der Waals surface area contributed by atoms with Crippen molar-refractivity contribution in [1.29, 1.82) is 0 Å². The van der Waals surface area contributed by atoms with E-state index in [0.717, 1.165) is 55.7 Å². The molecule has 1 heterocycles. The Morgan fingerprint density at radius 1 is 0.973 bits per heavy atom. The highest BCUT2D eigenvalue weighted by Crippen LogP contribution is 2.32. The predicted molar refractivity (Wildman–Crippen MR) is 137 cm³/mol. The van der Waals surface area contributed by atoms with Gasteiger partial charge < -0.3 is 10.2 Å². The number of rotatable bonds is 7. The Balaban J connectivity index is 1.43. The Hall–Kier alpha value is -3.65. The Morgan fingerprint density at radius 3 is 2.27 bits per heavy atom. The average molecular weight is 512 g/mol. The molecule has 194 valence electrons. The minimum Gasteiger partial charge on any atom is -0.317 e. The second-order valence-corrected chi connectivity index (χ2v) is 9.11. The SMILES string of the molecule is O=C(Nc1cc(F)cc(C(F)(F)F)c1)N(Cc1ccccc1)C1CCN(C/C=C/c2ccccc2)CC1. The third-order valence-electron chi connectivity index (χ3n) is 6.40. The van der Waals surface area contributed by atoms with Crippen molar-refractivity contribution in [3.63, 3.8) is 0 Å². The van der Waals surface area contributed by atoms with E-state index in [1.54, 1.807) is 4.90 Å². The zero-order valence-electron chi connectivity index (χ0n) is 20.3. The highest BCUT2D eigenvalue weighted by molar-refractivity contribution is 5.89. The fourth-order valence-electron chi connectivity index (χ4n) is 4.48. The van der Waals surface area contributed by atoms with Crippen molar-refractivity contribution < 1.29 is 22.4 Å². The van der Waals surface area contributed by atoms with E-state index in [9.17, 15) is 22.4 Å². The van der Waals surface area contributed by atoms with Crippen LogP contribution in [0.2, 0.25) is 0 Å². The number of hydrogen-bond acceptors (Lipinski definition) is 2. The number of urea groups is 1. The highest BCUT2D eigenvalue weighted by atomic mass is 19.4. The van der Waals surface area contributed by atoms with Gasteiger partial charge in [-0.2, -0.15) is 13.2 Å². The van der Waals surface area contributed by atoms with Crippen molar-refractivity contribution in [2.75, 3.05) is 25.0 Å². The van der Waals surface area contributed by atoms with Gasteiger partial charge in [-0.1, -0.05) is 72.8 Å². The molecule has 4 rings (SSSR count). The molecule has 0 atom stereocenters. The molecule has 0 aromatic heterocycles. The number of likely N-dealkylation sites (tertiary alicyclic amines) is 1. The van der Waals surface area contributed by atoms with Crippen molar-refractivity contribution in [2.45, 2.75) is 31.6 Å². The van der Waals surface area contributed by atoms with E-state index in [4.69, 9.17) is 0 Å². The first-order chi connectivity index (χ1) is 17.8. The summed E-state index contributed by atoms with van der Waals surface area (Å²) in [7, 11) is 0. The van der Waals surface area contributed by atoms with Crippen LogP contribution < -0.4 is 5.32 Å². The molecule has 0 radical (unpaired) electrons. The van der Waals surface area contributed by atoms with Crippen LogP contribution in [-0.4, -0.2) is 41.5 Å². The summed E-state index contributed by atoms with van der Waals surface area (Å²) in [6.07, 6.45) is 0.918. The van der Waals surface area contributed by atoms with Gasteiger partial charge in [0.2, 0.25) is 0 Å². The quantitative estimate of drug-likeness (QED) is 0.345. The molecule has 0 spiro atoms. The van der Waals surface area contributed by atoms with Crippen LogP contribution in [0, 0.1) is 5.82 Å². The van der Waals surface area contributed by atoms with Gasteiger partial charge in [0, 0.05) is 37.9 Å². The largest absolute Gasteiger partial charge is 0.416 e. The lowest BCUT2D eigenvalue weighted by Crippen LogP contribution is -2.48. The Morgan fingerprint density at radius 2 is 1.62 bits per heavy atom. The smallest absolute Gasteiger partial charge is 0.317 e. The number of anilines is 1. The van der Waals surface area contributed by atoms with E-state index in [-0.39, 0.29) is 11.7 Å². The summed E-state index contributed by atoms with van der Waals surface area (Å²) in [5, 5.41) is 2.50. The van der Waals surface area contributed by atoms with Crippen LogP contribution in [0.15, 0.2) is 84.9 Å². The number of halogens is 4. The second-order valence-electron chi connectivity index (χ2n) is 9.11. The maximum absolute atomic E-state index is 13.9. The molecule has 8 heteroatoms. The van der Waals surface area contributed by atoms with E-state index in [0.29, 0.717) is 12.6 Å². The zero-order chi connectivity index (χ0) is 26.3. The first kappa shape index (κ1) is 26.4. The van der Waals surface area contributed by atoms with Gasteiger partial charge in [0.1, 0.15) is 5.82 Å². The van der Waals surface area contributed by atoms with Gasteiger partial charge in [-0.15, -0.1) is 0 Å². The highest BCUT2D eigenvalue weighted by Gasteiger charge is 2.32. The fourth-order valence-corrected chi connectivity index (χ4v) is 4.48. The molecular weight excluding hydrogens is 482 g/mol. The molecule has 0 aliphatic carbocycles. The standard InChI is InChI=1S/C29H29F4N3O/c30-25-18-24(29(31,32)33)19-26(20-25)34-28(37)36(21-23-10-5-2-6-11-23)27-13-16-35(17-14-27)15-7-12-22-8-3-1-4-9-22/h1-12,18-20,27H,13-17,21H2,(H,34,37)/b12-7+. The van der Waals surface area contributed by atoms with Gasteiger partial charge in [-0.05, 0) is 42.2 Å². The Bertz CT molecular complexity index is 1190. The minimum atomic E-state index is -4.72. The van der Waals surface area contributed by atoms with Crippen LogP contribution in [0.4, 0.5) is 28.0 Å². The number of benzene rings is 3. The molecule has 1 saturated heterocycles. The first-order valence-corrected chi connectivity index (χ1v) is 12.2. The second kappa shape index (κ2) is 12.1. The van der Waals surface area contributed by atoms with Crippen LogP contribution >= 0.6 is 0 Å². The van der Waals surface area contributed by atoms with Gasteiger partial charge in [0.05, 0.1) is 5.56 Å². The van der Waals surface area contributed by atoms with Crippen molar-refractivity contribution >= 4 is 17.8 Å². The third kappa shape index (κ3) is 7.67. The normalized spacial score (nSPS) is 15.1. The van der Waals surface area contributed by atoms with Gasteiger partial charge in [-0.25, -0.2) is 9.18 Å². The lowest BCUT2D eigenvalue weighted by Gasteiger charge is -2.38. The van der Waals surface area contributed by atoms with Crippen molar-refractivity contribution in [3.05, 3.63) is 107 Å². The lowest BCUT2D eigenvalue weighted by atomic mass is 10.0. The summed E-state index contributed by atoms with van der Waals surface area (Å²) >= 11 is 0. The van der Waals surface area contributed by atoms with E-state index >= 15 is 0 Å². The van der Waals surface area contributed by atoms with Gasteiger partial charge in [-0.3, -0.25) is 4.90 Å². The molecule has 1 fully saturated rings. The lowest BCUT2D eigenvalue weighted by molar-refractivity contribution is -0.137. The first-order valence-electron chi connectivity index (χ1n) is 12.2. The van der Waals surface area contributed by atoms with Gasteiger partial charge in [0.25, 0.3) is 0 Å². The zero-order valence-corrected chi connectivity index (χ0v) is 20.3. The summed E-state index contributed by atoms with van der Waals surface area (Å²) in [5.74, 6) is -1.06. The summed E-state index contributed by atoms with van der Waals surface area (Å²) < 4.78 is 53.3. The van der Waals surface area contributed by atoms with Crippen LogP contribution in [0.25, 0.3) is 6.08 Å². The predicted octanol–water partition coefficient (Wildman–Crippen LogP) is 7.06. The summed E-state index contributed by atoms with van der Waals surface area (Å²) in [4.78, 5) is 17.2. The molecular formula is C29H29F4N3O. The average Bonchev–Trinajstić information content (AvgIpc) is 2.88. The summed E-state index contributed by atoms with van der Waals surface area (Å²) in [5.41, 5.74) is 0.670. The molecule has 1 N–H and O–H groups in total. The molecule has 3 aromatic carbocycles. The Kier molecular flexibility index (Phi) is 8.61. The van der Waals surface area contributed by atoms with Gasteiger partial charge >= 0.3 is 12.2 Å². The maximum atomic E-state index is 13.9. The molecule has 0 bridgehead atoms. The minimum absolute atomic E-state index is 0.106. The number of alkyl halides is 3. The monoisotopic (exact) mass is 511 g/mol. The number of carbonyl (C=O) groups is 1. The number of nitrogens with zero attached hydrogens (tertiary/aromatic N) is 2. The van der Waals surface area contributed by atoms with Crippen molar-refractivity contribution in [3.8, 4) is 0 Å². The van der Waals surface area contributed by atoms with Crippen LogP contribution in [0.3, 0.4) is 0 Å². The summed E-state index contributed by atoms with van der Waals surface area (Å²) in [6.45, 7) is 2.64. The number of amides is 2. The van der Waals surface area contributed by atoms with Crippen molar-refractivity contribution in [2.24, 2.45) is 0 Å². The van der Waals surface area contributed by atoms with Crippen LogP contribution in [0.1, 0.15) is 29.5 Å². The number of piperidine rings is 1. The molecule has 1 aliphatic heterocycles. The van der Waals surface area contributed by atoms with E-state index in [2.05, 4.69) is 22.4 Å². The van der Waals surface area contributed by atoms with Gasteiger partial charge in [0.15, 0.2) is 0 Å². The van der Waals surface area contributed by atoms with Crippen LogP contribution in [-0.2, 0) is 12.7 Å². The van der Waals surface area contributed by atoms with E-state index in [1.807, 2.05) is 60.7 Å². The molecule has 0 saturated carbocycles. The number of nitrogens with one attached hydrogen (secondary N) is 1. The maximum Gasteiger partial charge on any atom is 0.416 e. The molecule has 3 aromatic rings. The third-order valence-corrected chi connectivity index (χ3v) is 6.40. The van der Waals surface area contributed by atoms with E-state index < -0.39 is 23.6 Å². The molecule has 0 unspecified atom stereocenters. The number of hydrogen-bond donors (Lipinski definition) is 1. The molecule has 2 amide bonds. The fraction of sp³-hybridized carbons (Fsp3) is 0.276. The number of carbonyl (C=O) groups excluding carboxylic acids is 1. The van der Waals surface area contributed by atoms with E-state index in [1.165, 1.54) is 0 Å². The van der Waals surface area contributed by atoms with Crippen LogP contribution in [0.5, 0.6) is 0 Å².